The van der Waals surface area contributed by atoms with Gasteiger partial charge < -0.3 is 14.2 Å². The number of aryl methyl sites for hydroxylation is 2. The first-order valence-corrected chi connectivity index (χ1v) is 11.9. The molecule has 2 aromatic heterocycles. The lowest BCUT2D eigenvalue weighted by molar-refractivity contribution is 0.0983. The summed E-state index contributed by atoms with van der Waals surface area (Å²) in [5, 5.41) is 0.444. The Kier molecular flexibility index (Phi) is 7.01. The number of carbonyl (C=O) groups excluding carboxylic acids is 1. The molecule has 0 saturated heterocycles. The van der Waals surface area contributed by atoms with Crippen LogP contribution in [0.4, 0.5) is 5.69 Å². The van der Waals surface area contributed by atoms with Gasteiger partial charge in [-0.1, -0.05) is 38.1 Å². The Morgan fingerprint density at radius 3 is 2.31 bits per heavy atom. The third kappa shape index (κ3) is 4.97. The number of rotatable bonds is 7. The van der Waals surface area contributed by atoms with Crippen molar-refractivity contribution in [2.45, 2.75) is 46.7 Å². The zero-order chi connectivity index (χ0) is 25.1. The molecule has 0 bridgehead atoms. The molecule has 180 valence electrons. The van der Waals surface area contributed by atoms with Crippen LogP contribution in [0.5, 0.6) is 5.75 Å². The first-order valence-electron chi connectivity index (χ1n) is 11.9. The van der Waals surface area contributed by atoms with Crippen molar-refractivity contribution in [3.63, 3.8) is 0 Å². The van der Waals surface area contributed by atoms with E-state index in [1.807, 2.05) is 54.8 Å². The van der Waals surface area contributed by atoms with Crippen molar-refractivity contribution in [1.82, 2.24) is 9.55 Å². The Labute approximate surface area is 205 Å². The van der Waals surface area contributed by atoms with E-state index in [1.54, 1.807) is 30.3 Å². The van der Waals surface area contributed by atoms with Gasteiger partial charge >= 0.3 is 0 Å². The van der Waals surface area contributed by atoms with Crippen molar-refractivity contribution >= 4 is 22.6 Å². The molecular formula is C29H31N3O3. The number of methoxy groups -OCH3 is 1. The van der Waals surface area contributed by atoms with Gasteiger partial charge in [0.15, 0.2) is 0 Å². The molecule has 4 rings (SSSR count). The van der Waals surface area contributed by atoms with Gasteiger partial charge in [0.1, 0.15) is 17.0 Å². The van der Waals surface area contributed by atoms with Crippen molar-refractivity contribution in [2.75, 3.05) is 12.0 Å². The second kappa shape index (κ2) is 10.1. The summed E-state index contributed by atoms with van der Waals surface area (Å²) in [4.78, 5) is 33.6. The summed E-state index contributed by atoms with van der Waals surface area (Å²) in [5.41, 5.74) is 4.13. The quantitative estimate of drug-likeness (QED) is 0.348. The Balaban J connectivity index is 1.81. The maximum Gasteiger partial charge on any atom is 0.264 e. The Morgan fingerprint density at radius 2 is 1.71 bits per heavy atom. The predicted molar refractivity (Wildman–Crippen MR) is 140 cm³/mol. The molecule has 0 radical (unpaired) electrons. The topological polar surface area (TPSA) is 64.4 Å². The second-order valence-corrected chi connectivity index (χ2v) is 8.97. The Bertz CT molecular complexity index is 1400. The molecule has 0 aliphatic rings. The van der Waals surface area contributed by atoms with Crippen LogP contribution in [0.2, 0.25) is 0 Å². The largest absolute Gasteiger partial charge is 0.497 e. The fraction of sp³-hybridized carbons (Fsp3) is 0.276. The van der Waals surface area contributed by atoms with E-state index < -0.39 is 0 Å². The van der Waals surface area contributed by atoms with E-state index in [9.17, 15) is 9.59 Å². The predicted octanol–water partition coefficient (Wildman–Crippen LogP) is 5.70. The molecule has 0 aliphatic heterocycles. The van der Waals surface area contributed by atoms with Gasteiger partial charge in [0.25, 0.3) is 5.91 Å². The van der Waals surface area contributed by atoms with Gasteiger partial charge in [-0.3, -0.25) is 9.59 Å². The SMILES string of the molecule is CCn1cc(C(=O)N(Cc2ccc(C(C)C)cc2)c2ccc(OC)cc2)c(=O)c2ccc(C)nc21. The number of carbonyl (C=O) groups is 1. The zero-order valence-electron chi connectivity index (χ0n) is 20.9. The summed E-state index contributed by atoms with van der Waals surface area (Å²) in [5.74, 6) is 0.770. The van der Waals surface area contributed by atoms with Crippen molar-refractivity contribution in [2.24, 2.45) is 0 Å². The average molecular weight is 470 g/mol. The molecular weight excluding hydrogens is 438 g/mol. The third-order valence-electron chi connectivity index (χ3n) is 6.25. The number of pyridine rings is 2. The summed E-state index contributed by atoms with van der Waals surface area (Å²) in [6.45, 7) is 9.08. The number of amides is 1. The van der Waals surface area contributed by atoms with E-state index in [1.165, 1.54) is 5.56 Å². The molecule has 0 atom stereocenters. The molecule has 0 unspecified atom stereocenters. The number of fused-ring (bicyclic) bond motifs is 1. The summed E-state index contributed by atoms with van der Waals surface area (Å²) in [7, 11) is 1.60. The molecule has 0 aliphatic carbocycles. The number of ether oxygens (including phenoxy) is 1. The lowest BCUT2D eigenvalue weighted by Crippen LogP contribution is -2.34. The van der Waals surface area contributed by atoms with Gasteiger partial charge in [0.2, 0.25) is 5.43 Å². The van der Waals surface area contributed by atoms with E-state index >= 15 is 0 Å². The van der Waals surface area contributed by atoms with Crippen molar-refractivity contribution in [3.05, 3.63) is 99.5 Å². The van der Waals surface area contributed by atoms with Crippen LogP contribution >= 0.6 is 0 Å². The van der Waals surface area contributed by atoms with Gasteiger partial charge in [-0.05, 0) is 67.3 Å². The van der Waals surface area contributed by atoms with E-state index in [0.29, 0.717) is 41.5 Å². The molecule has 0 N–H and O–H groups in total. The summed E-state index contributed by atoms with van der Waals surface area (Å²) in [6.07, 6.45) is 1.64. The highest BCUT2D eigenvalue weighted by Crippen LogP contribution is 2.24. The number of hydrogen-bond acceptors (Lipinski definition) is 4. The van der Waals surface area contributed by atoms with E-state index in [2.05, 4.69) is 31.0 Å². The minimum absolute atomic E-state index is 0.125. The van der Waals surface area contributed by atoms with Gasteiger partial charge in [-0.15, -0.1) is 0 Å². The summed E-state index contributed by atoms with van der Waals surface area (Å²) >= 11 is 0. The van der Waals surface area contributed by atoms with Crippen LogP contribution in [0.15, 0.2) is 71.7 Å². The molecule has 2 heterocycles. The molecule has 2 aromatic carbocycles. The number of nitrogens with zero attached hydrogens (tertiary/aromatic N) is 3. The standard InChI is InChI=1S/C29H31N3O3/c1-6-31-18-26(27(33)25-16-7-20(4)30-28(25)31)29(34)32(23-12-14-24(35-5)15-13-23)17-21-8-10-22(11-9-21)19(2)3/h7-16,18-19H,6,17H2,1-5H3. The van der Waals surface area contributed by atoms with Crippen molar-refractivity contribution in [1.29, 1.82) is 0 Å². The third-order valence-corrected chi connectivity index (χ3v) is 6.25. The van der Waals surface area contributed by atoms with Crippen LogP contribution < -0.4 is 15.1 Å². The average Bonchev–Trinajstić information content (AvgIpc) is 2.87. The fourth-order valence-corrected chi connectivity index (χ4v) is 4.13. The number of hydrogen-bond donors (Lipinski definition) is 0. The number of benzene rings is 2. The summed E-state index contributed by atoms with van der Waals surface area (Å²) < 4.78 is 7.15. The lowest BCUT2D eigenvalue weighted by atomic mass is 10.0. The molecule has 4 aromatic rings. The van der Waals surface area contributed by atoms with Gasteiger partial charge in [0, 0.05) is 24.1 Å². The smallest absolute Gasteiger partial charge is 0.264 e. The van der Waals surface area contributed by atoms with E-state index in [-0.39, 0.29) is 16.9 Å². The van der Waals surface area contributed by atoms with Crippen molar-refractivity contribution in [3.8, 4) is 5.75 Å². The first kappa shape index (κ1) is 24.2. The maximum atomic E-state index is 13.9. The highest BCUT2D eigenvalue weighted by Gasteiger charge is 2.23. The summed E-state index contributed by atoms with van der Waals surface area (Å²) in [6, 6.07) is 19.1. The van der Waals surface area contributed by atoms with Gasteiger partial charge in [-0.2, -0.15) is 0 Å². The van der Waals surface area contributed by atoms with Crippen molar-refractivity contribution < 1.29 is 9.53 Å². The molecule has 1 amide bonds. The second-order valence-electron chi connectivity index (χ2n) is 8.97. The van der Waals surface area contributed by atoms with Gasteiger partial charge in [0.05, 0.1) is 19.0 Å². The van der Waals surface area contributed by atoms with Crippen LogP contribution in [0, 0.1) is 6.92 Å². The number of anilines is 1. The van der Waals surface area contributed by atoms with Crippen LogP contribution in [0.3, 0.4) is 0 Å². The lowest BCUT2D eigenvalue weighted by Gasteiger charge is -2.24. The zero-order valence-corrected chi connectivity index (χ0v) is 20.9. The molecule has 6 heteroatoms. The molecule has 0 saturated carbocycles. The number of aromatic nitrogens is 2. The molecule has 6 nitrogen and oxygen atoms in total. The highest BCUT2D eigenvalue weighted by atomic mass is 16.5. The fourth-order valence-electron chi connectivity index (χ4n) is 4.13. The maximum absolute atomic E-state index is 13.9. The normalized spacial score (nSPS) is 11.1. The Hall–Kier alpha value is -3.93. The minimum Gasteiger partial charge on any atom is -0.497 e. The van der Waals surface area contributed by atoms with Crippen LogP contribution in [-0.4, -0.2) is 22.6 Å². The molecule has 0 fully saturated rings. The van der Waals surface area contributed by atoms with Crippen LogP contribution in [0.25, 0.3) is 11.0 Å². The first-order chi connectivity index (χ1) is 16.8. The van der Waals surface area contributed by atoms with Crippen LogP contribution in [0.1, 0.15) is 53.9 Å². The minimum atomic E-state index is -0.349. The van der Waals surface area contributed by atoms with Gasteiger partial charge in [-0.25, -0.2) is 4.98 Å². The molecule has 0 spiro atoms. The monoisotopic (exact) mass is 469 g/mol. The van der Waals surface area contributed by atoms with Crippen LogP contribution in [-0.2, 0) is 13.1 Å². The Morgan fingerprint density at radius 1 is 1.03 bits per heavy atom. The van der Waals surface area contributed by atoms with E-state index in [4.69, 9.17) is 4.74 Å². The highest BCUT2D eigenvalue weighted by molar-refractivity contribution is 6.07. The van der Waals surface area contributed by atoms with E-state index in [0.717, 1.165) is 11.3 Å². The molecule has 35 heavy (non-hydrogen) atoms.